The average molecular weight is 354 g/mol. The van der Waals surface area contributed by atoms with Crippen molar-refractivity contribution >= 4 is 17.4 Å². The fraction of sp³-hybridized carbons (Fsp3) is 0.286. The van der Waals surface area contributed by atoms with E-state index in [1.54, 1.807) is 34.5 Å². The molecule has 1 aliphatic rings. The summed E-state index contributed by atoms with van der Waals surface area (Å²) in [5.41, 5.74) is 3.44. The summed E-state index contributed by atoms with van der Waals surface area (Å²) in [6.45, 7) is 0. The number of allylic oxidation sites excluding steroid dienone is 1. The van der Waals surface area contributed by atoms with Crippen LogP contribution in [-0.2, 0) is 11.2 Å². The lowest BCUT2D eigenvalue weighted by Gasteiger charge is -2.20. The van der Waals surface area contributed by atoms with Gasteiger partial charge >= 0.3 is 0 Å². The molecule has 0 aromatic heterocycles. The van der Waals surface area contributed by atoms with E-state index in [2.05, 4.69) is 0 Å². The second-order valence-electron chi connectivity index (χ2n) is 5.93. The zero-order valence-corrected chi connectivity index (χ0v) is 15.4. The van der Waals surface area contributed by atoms with Crippen molar-refractivity contribution in [2.75, 3.05) is 28.4 Å². The number of aryl methyl sites for hydroxylation is 1. The predicted molar refractivity (Wildman–Crippen MR) is 100 cm³/mol. The molecule has 0 aliphatic heterocycles. The van der Waals surface area contributed by atoms with Crippen molar-refractivity contribution in [1.29, 1.82) is 0 Å². The van der Waals surface area contributed by atoms with Crippen molar-refractivity contribution < 1.29 is 23.7 Å². The molecule has 2 aromatic carbocycles. The van der Waals surface area contributed by atoms with Crippen LogP contribution in [0, 0.1) is 0 Å². The maximum absolute atomic E-state index is 12.6. The molecule has 1 aliphatic carbocycles. The topological polar surface area (TPSA) is 54.0 Å². The number of rotatable bonds is 5. The number of hydrogen-bond acceptors (Lipinski definition) is 5. The van der Waals surface area contributed by atoms with Gasteiger partial charge in [-0.1, -0.05) is 6.07 Å². The molecule has 0 unspecified atom stereocenters. The first-order valence-electron chi connectivity index (χ1n) is 8.34. The second kappa shape index (κ2) is 7.52. The van der Waals surface area contributed by atoms with Gasteiger partial charge in [-0.05, 0) is 47.9 Å². The van der Waals surface area contributed by atoms with Gasteiger partial charge in [-0.3, -0.25) is 4.79 Å². The van der Waals surface area contributed by atoms with Crippen molar-refractivity contribution in [3.63, 3.8) is 0 Å². The van der Waals surface area contributed by atoms with Crippen molar-refractivity contribution in [1.82, 2.24) is 0 Å². The van der Waals surface area contributed by atoms with Crippen LogP contribution in [0.2, 0.25) is 0 Å². The molecule has 0 fully saturated rings. The molecule has 5 heteroatoms. The Morgan fingerprint density at radius 3 is 2.27 bits per heavy atom. The largest absolute Gasteiger partial charge is 0.497 e. The summed E-state index contributed by atoms with van der Waals surface area (Å²) in [7, 11) is 6.32. The van der Waals surface area contributed by atoms with Gasteiger partial charge in [0.25, 0.3) is 0 Å². The van der Waals surface area contributed by atoms with Crippen LogP contribution in [0.15, 0.2) is 30.3 Å². The highest BCUT2D eigenvalue weighted by Crippen LogP contribution is 2.42. The molecule has 0 saturated heterocycles. The summed E-state index contributed by atoms with van der Waals surface area (Å²) >= 11 is 0. The molecule has 136 valence electrons. The molecule has 0 atom stereocenters. The summed E-state index contributed by atoms with van der Waals surface area (Å²) in [4.78, 5) is 12.6. The quantitative estimate of drug-likeness (QED) is 0.765. The van der Waals surface area contributed by atoms with Gasteiger partial charge in [0.1, 0.15) is 5.75 Å². The normalized spacial score (nSPS) is 14.8. The molecule has 0 saturated carbocycles. The van der Waals surface area contributed by atoms with Gasteiger partial charge < -0.3 is 18.9 Å². The van der Waals surface area contributed by atoms with E-state index in [0.717, 1.165) is 28.9 Å². The molecular formula is C21H22O5. The van der Waals surface area contributed by atoms with Crippen LogP contribution in [0.1, 0.15) is 23.1 Å². The van der Waals surface area contributed by atoms with Gasteiger partial charge in [-0.2, -0.15) is 0 Å². The minimum atomic E-state index is 0.0996. The minimum Gasteiger partial charge on any atom is -0.497 e. The Labute approximate surface area is 153 Å². The van der Waals surface area contributed by atoms with E-state index >= 15 is 0 Å². The highest BCUT2D eigenvalue weighted by molar-refractivity contribution is 6.26. The van der Waals surface area contributed by atoms with E-state index in [1.807, 2.05) is 30.3 Å². The molecule has 2 aromatic rings. The van der Waals surface area contributed by atoms with E-state index in [0.29, 0.717) is 29.2 Å². The number of ketones is 1. The number of carbonyl (C=O) groups is 1. The summed E-state index contributed by atoms with van der Waals surface area (Å²) in [6.07, 6.45) is 3.07. The maximum Gasteiger partial charge on any atom is 0.203 e. The van der Waals surface area contributed by atoms with E-state index < -0.39 is 0 Å². The lowest BCUT2D eigenvalue weighted by Crippen LogP contribution is -2.12. The van der Waals surface area contributed by atoms with Gasteiger partial charge in [0.2, 0.25) is 5.75 Å². The molecule has 0 radical (unpaired) electrons. The van der Waals surface area contributed by atoms with Crippen molar-refractivity contribution in [3.8, 4) is 23.0 Å². The Kier molecular flexibility index (Phi) is 5.16. The first-order chi connectivity index (χ1) is 12.6. The van der Waals surface area contributed by atoms with Crippen LogP contribution in [0.4, 0.5) is 0 Å². The first-order valence-corrected chi connectivity index (χ1v) is 8.34. The van der Waals surface area contributed by atoms with Crippen molar-refractivity contribution in [3.05, 3.63) is 47.0 Å². The summed E-state index contributed by atoms with van der Waals surface area (Å²) in [5, 5.41) is 0. The Morgan fingerprint density at radius 1 is 0.846 bits per heavy atom. The number of fused-ring (bicyclic) bond motifs is 1. The number of hydrogen-bond donors (Lipinski definition) is 0. The third-order valence-corrected chi connectivity index (χ3v) is 4.56. The zero-order chi connectivity index (χ0) is 18.7. The fourth-order valence-corrected chi connectivity index (χ4v) is 3.24. The van der Waals surface area contributed by atoms with Crippen LogP contribution in [-0.4, -0.2) is 34.2 Å². The number of carbonyl (C=O) groups excluding carboxylic acids is 1. The van der Waals surface area contributed by atoms with Crippen LogP contribution >= 0.6 is 0 Å². The Morgan fingerprint density at radius 2 is 1.62 bits per heavy atom. The number of methoxy groups -OCH3 is 4. The van der Waals surface area contributed by atoms with E-state index in [-0.39, 0.29) is 5.78 Å². The molecule has 5 nitrogen and oxygen atoms in total. The summed E-state index contributed by atoms with van der Waals surface area (Å²) < 4.78 is 21.6. The molecule has 0 bridgehead atoms. The molecule has 0 spiro atoms. The SMILES string of the molecule is COc1ccc2c(c1)/C(=C\c1ccc(OC)c(OC)c1OC)C(=O)CC2. The third kappa shape index (κ3) is 3.12. The van der Waals surface area contributed by atoms with Crippen LogP contribution in [0.5, 0.6) is 23.0 Å². The Balaban J connectivity index is 2.18. The highest BCUT2D eigenvalue weighted by atomic mass is 16.5. The second-order valence-corrected chi connectivity index (χ2v) is 5.93. The van der Waals surface area contributed by atoms with Crippen molar-refractivity contribution in [2.45, 2.75) is 12.8 Å². The number of benzene rings is 2. The highest BCUT2D eigenvalue weighted by Gasteiger charge is 2.23. The summed E-state index contributed by atoms with van der Waals surface area (Å²) in [6, 6.07) is 9.50. The Bertz CT molecular complexity index is 867. The predicted octanol–water partition coefficient (Wildman–Crippen LogP) is 3.78. The maximum atomic E-state index is 12.6. The Hall–Kier alpha value is -2.95. The first kappa shape index (κ1) is 17.9. The lowest BCUT2D eigenvalue weighted by atomic mass is 9.85. The molecule has 0 N–H and O–H groups in total. The van der Waals surface area contributed by atoms with Crippen LogP contribution in [0.25, 0.3) is 11.6 Å². The van der Waals surface area contributed by atoms with Gasteiger partial charge in [0, 0.05) is 17.6 Å². The van der Waals surface area contributed by atoms with Gasteiger partial charge in [-0.15, -0.1) is 0 Å². The van der Waals surface area contributed by atoms with Gasteiger partial charge in [0.05, 0.1) is 28.4 Å². The molecule has 0 amide bonds. The van der Waals surface area contributed by atoms with Gasteiger partial charge in [-0.25, -0.2) is 0 Å². The monoisotopic (exact) mass is 354 g/mol. The molecule has 26 heavy (non-hydrogen) atoms. The molecule has 0 heterocycles. The minimum absolute atomic E-state index is 0.0996. The van der Waals surface area contributed by atoms with E-state index in [9.17, 15) is 4.79 Å². The van der Waals surface area contributed by atoms with E-state index in [4.69, 9.17) is 18.9 Å². The van der Waals surface area contributed by atoms with Crippen molar-refractivity contribution in [2.24, 2.45) is 0 Å². The van der Waals surface area contributed by atoms with Crippen LogP contribution < -0.4 is 18.9 Å². The van der Waals surface area contributed by atoms with Crippen LogP contribution in [0.3, 0.4) is 0 Å². The number of Topliss-reactive ketones (excluding diaryl/α,β-unsaturated/α-hetero) is 1. The van der Waals surface area contributed by atoms with E-state index in [1.165, 1.54) is 0 Å². The fourth-order valence-electron chi connectivity index (χ4n) is 3.24. The molecule has 3 rings (SSSR count). The molecular weight excluding hydrogens is 332 g/mol. The number of ether oxygens (including phenoxy) is 4. The standard InChI is InChI=1S/C21H22O5/c1-23-15-8-5-13-6-9-18(22)17(16(13)12-15)11-14-7-10-19(24-2)21(26-4)20(14)25-3/h5,7-8,10-12H,6,9H2,1-4H3/b17-11+. The smallest absolute Gasteiger partial charge is 0.203 e. The summed E-state index contributed by atoms with van der Waals surface area (Å²) in [5.74, 6) is 2.43. The average Bonchev–Trinajstić information content (AvgIpc) is 2.68. The van der Waals surface area contributed by atoms with Gasteiger partial charge in [0.15, 0.2) is 17.3 Å². The lowest BCUT2D eigenvalue weighted by molar-refractivity contribution is -0.113. The zero-order valence-electron chi connectivity index (χ0n) is 15.4. The third-order valence-electron chi connectivity index (χ3n) is 4.56.